The Kier molecular flexibility index (Phi) is 3.32. The van der Waals surface area contributed by atoms with E-state index in [1.54, 1.807) is 4.68 Å². The van der Waals surface area contributed by atoms with E-state index in [0.717, 1.165) is 22.2 Å². The molecule has 0 saturated heterocycles. The van der Waals surface area contributed by atoms with E-state index in [-0.39, 0.29) is 0 Å². The molecule has 0 aliphatic carbocycles. The summed E-state index contributed by atoms with van der Waals surface area (Å²) in [6.45, 7) is 0. The lowest BCUT2D eigenvalue weighted by molar-refractivity contribution is 0.781. The van der Waals surface area contributed by atoms with Crippen LogP contribution in [-0.2, 0) is 7.05 Å². The molecule has 4 aromatic rings. The van der Waals surface area contributed by atoms with E-state index in [9.17, 15) is 0 Å². The van der Waals surface area contributed by atoms with Crippen molar-refractivity contribution in [1.82, 2.24) is 20.0 Å². The molecule has 4 rings (SSSR count). The van der Waals surface area contributed by atoms with Crippen LogP contribution in [0.15, 0.2) is 60.7 Å². The molecule has 0 fully saturated rings. The van der Waals surface area contributed by atoms with Crippen LogP contribution in [0.25, 0.3) is 33.5 Å². The Morgan fingerprint density at radius 2 is 1.43 bits per heavy atom. The minimum absolute atomic E-state index is 0.552. The first-order chi connectivity index (χ1) is 11.3. The molecule has 0 aliphatic heterocycles. The average molecular weight is 321 g/mol. The Balaban J connectivity index is 2.04. The minimum atomic E-state index is 0.552. The lowest BCUT2D eigenvalue weighted by atomic mass is 10.1. The molecule has 0 atom stereocenters. The maximum absolute atomic E-state index is 6.69. The van der Waals surface area contributed by atoms with Crippen molar-refractivity contribution in [2.45, 2.75) is 0 Å². The van der Waals surface area contributed by atoms with Crippen molar-refractivity contribution in [2.75, 3.05) is 0 Å². The lowest BCUT2D eigenvalue weighted by Crippen LogP contribution is -1.93. The van der Waals surface area contributed by atoms with E-state index < -0.39 is 0 Å². The predicted molar refractivity (Wildman–Crippen MR) is 92.2 cm³/mol. The Morgan fingerprint density at radius 3 is 2.09 bits per heavy atom. The quantitative estimate of drug-likeness (QED) is 0.551. The average Bonchev–Trinajstić information content (AvgIpc) is 2.94. The fraction of sp³-hybridized carbons (Fsp3) is 0.0556. The highest BCUT2D eigenvalue weighted by Crippen LogP contribution is 2.36. The smallest absolute Gasteiger partial charge is 0.205 e. The highest BCUT2D eigenvalue weighted by atomic mass is 35.5. The highest BCUT2D eigenvalue weighted by molar-refractivity contribution is 6.38. The number of benzene rings is 2. The largest absolute Gasteiger partial charge is 0.265 e. The summed E-state index contributed by atoms with van der Waals surface area (Å²) < 4.78 is 1.80. The molecule has 0 saturated carbocycles. The number of hydrogen-bond acceptors (Lipinski definition) is 3. The van der Waals surface area contributed by atoms with E-state index in [1.807, 2.05) is 67.7 Å². The molecule has 112 valence electrons. The maximum Gasteiger partial charge on any atom is 0.205 e. The van der Waals surface area contributed by atoms with Crippen molar-refractivity contribution >= 4 is 22.6 Å². The van der Waals surface area contributed by atoms with Gasteiger partial charge >= 0.3 is 0 Å². The second kappa shape index (κ2) is 5.48. The zero-order valence-electron chi connectivity index (χ0n) is 12.4. The van der Waals surface area contributed by atoms with Gasteiger partial charge in [-0.1, -0.05) is 72.3 Å². The molecule has 5 heteroatoms. The molecular weight excluding hydrogens is 308 g/mol. The number of halogens is 1. The van der Waals surface area contributed by atoms with Crippen LogP contribution in [0, 0.1) is 0 Å². The molecule has 0 bridgehead atoms. The van der Waals surface area contributed by atoms with Gasteiger partial charge in [-0.05, 0) is 0 Å². The maximum atomic E-state index is 6.69. The third kappa shape index (κ3) is 2.28. The first-order valence-corrected chi connectivity index (χ1v) is 7.63. The second-order valence-electron chi connectivity index (χ2n) is 5.27. The third-order valence-electron chi connectivity index (χ3n) is 3.80. The Labute approximate surface area is 138 Å². The van der Waals surface area contributed by atoms with E-state index in [1.165, 1.54) is 0 Å². The van der Waals surface area contributed by atoms with Crippen molar-refractivity contribution < 1.29 is 0 Å². The molecule has 2 aromatic carbocycles. The zero-order valence-corrected chi connectivity index (χ0v) is 13.2. The molecule has 2 aromatic heterocycles. The molecule has 0 N–H and O–H groups in total. The van der Waals surface area contributed by atoms with Crippen molar-refractivity contribution in [3.63, 3.8) is 0 Å². The van der Waals surface area contributed by atoms with E-state index in [2.05, 4.69) is 15.3 Å². The van der Waals surface area contributed by atoms with Crippen LogP contribution in [0.4, 0.5) is 0 Å². The van der Waals surface area contributed by atoms with Crippen LogP contribution in [0.3, 0.4) is 0 Å². The summed E-state index contributed by atoms with van der Waals surface area (Å²) in [5.41, 5.74) is 4.15. The molecule has 23 heavy (non-hydrogen) atoms. The molecule has 0 aliphatic rings. The molecule has 0 radical (unpaired) electrons. The van der Waals surface area contributed by atoms with Crippen molar-refractivity contribution in [3.05, 3.63) is 65.7 Å². The summed E-state index contributed by atoms with van der Waals surface area (Å²) in [5, 5.41) is 14.4. The molecular formula is C18H13ClN4. The van der Waals surface area contributed by atoms with Crippen LogP contribution >= 0.6 is 11.6 Å². The fourth-order valence-electron chi connectivity index (χ4n) is 2.75. The van der Waals surface area contributed by atoms with Crippen LogP contribution < -0.4 is 0 Å². The standard InChI is InChI=1S/C18H13ClN4/c1-23-17(13-10-6-3-7-11-13)14-15(19)16(20-21-18(14)22-23)12-8-4-2-5-9-12/h2-11H,1H3. The van der Waals surface area contributed by atoms with Crippen LogP contribution in [0.1, 0.15) is 0 Å². The number of aromatic nitrogens is 4. The summed E-state index contributed by atoms with van der Waals surface area (Å²) in [6.07, 6.45) is 0. The summed E-state index contributed by atoms with van der Waals surface area (Å²) >= 11 is 6.69. The summed E-state index contributed by atoms with van der Waals surface area (Å²) in [6, 6.07) is 19.9. The van der Waals surface area contributed by atoms with Gasteiger partial charge in [0.1, 0.15) is 5.69 Å². The molecule has 0 spiro atoms. The Hall–Kier alpha value is -2.72. The second-order valence-corrected chi connectivity index (χ2v) is 5.64. The van der Waals surface area contributed by atoms with Gasteiger partial charge in [-0.3, -0.25) is 4.68 Å². The summed E-state index contributed by atoms with van der Waals surface area (Å²) in [7, 11) is 1.89. The molecule has 0 amide bonds. The van der Waals surface area contributed by atoms with Crippen LogP contribution in [-0.4, -0.2) is 20.0 Å². The van der Waals surface area contributed by atoms with Gasteiger partial charge in [-0.25, -0.2) is 0 Å². The van der Waals surface area contributed by atoms with Crippen molar-refractivity contribution in [3.8, 4) is 22.5 Å². The number of nitrogens with zero attached hydrogens (tertiary/aromatic N) is 4. The zero-order chi connectivity index (χ0) is 15.8. The highest BCUT2D eigenvalue weighted by Gasteiger charge is 2.19. The van der Waals surface area contributed by atoms with Gasteiger partial charge in [-0.15, -0.1) is 10.2 Å². The van der Waals surface area contributed by atoms with Gasteiger partial charge < -0.3 is 0 Å². The topological polar surface area (TPSA) is 43.6 Å². The molecule has 2 heterocycles. The third-order valence-corrected chi connectivity index (χ3v) is 4.16. The Morgan fingerprint density at radius 1 is 0.826 bits per heavy atom. The molecule has 4 nitrogen and oxygen atoms in total. The number of hydrogen-bond donors (Lipinski definition) is 0. The first kappa shape index (κ1) is 13.9. The van der Waals surface area contributed by atoms with Gasteiger partial charge in [0, 0.05) is 18.2 Å². The number of rotatable bonds is 2. The van der Waals surface area contributed by atoms with Gasteiger partial charge in [0.05, 0.1) is 16.1 Å². The molecule has 0 unspecified atom stereocenters. The van der Waals surface area contributed by atoms with Gasteiger partial charge in [0.25, 0.3) is 0 Å². The Bertz CT molecular complexity index is 978. The van der Waals surface area contributed by atoms with Crippen LogP contribution in [0.2, 0.25) is 5.02 Å². The van der Waals surface area contributed by atoms with Gasteiger partial charge in [0.15, 0.2) is 0 Å². The van der Waals surface area contributed by atoms with Gasteiger partial charge in [0.2, 0.25) is 5.65 Å². The summed E-state index contributed by atoms with van der Waals surface area (Å²) in [5.74, 6) is 0. The van der Waals surface area contributed by atoms with Crippen molar-refractivity contribution in [2.24, 2.45) is 7.05 Å². The number of aryl methyl sites for hydroxylation is 1. The SMILES string of the molecule is Cn1nc2nnc(-c3ccccc3)c(Cl)c2c1-c1ccccc1. The van der Waals surface area contributed by atoms with Crippen LogP contribution in [0.5, 0.6) is 0 Å². The summed E-state index contributed by atoms with van der Waals surface area (Å²) in [4.78, 5) is 0. The number of fused-ring (bicyclic) bond motifs is 1. The van der Waals surface area contributed by atoms with E-state index >= 15 is 0 Å². The lowest BCUT2D eigenvalue weighted by Gasteiger charge is -2.06. The van der Waals surface area contributed by atoms with E-state index in [4.69, 9.17) is 11.6 Å². The first-order valence-electron chi connectivity index (χ1n) is 7.25. The minimum Gasteiger partial charge on any atom is -0.265 e. The monoisotopic (exact) mass is 320 g/mol. The van der Waals surface area contributed by atoms with Crippen molar-refractivity contribution in [1.29, 1.82) is 0 Å². The predicted octanol–water partition coefficient (Wildman–Crippen LogP) is 4.35. The van der Waals surface area contributed by atoms with Gasteiger partial charge in [-0.2, -0.15) is 5.10 Å². The normalized spacial score (nSPS) is 11.0. The van der Waals surface area contributed by atoms with E-state index in [0.29, 0.717) is 16.4 Å². The fourth-order valence-corrected chi connectivity index (χ4v) is 3.07.